The van der Waals surface area contributed by atoms with Crippen LogP contribution < -0.4 is 23.7 Å². The van der Waals surface area contributed by atoms with Crippen molar-refractivity contribution < 1.29 is 101 Å². The molecule has 0 saturated carbocycles. The number of aryl methyl sites for hydroxylation is 2. The SMILES string of the molecule is CCCCc1ccc(COc2ccc(OCC(COc3ccc(OCc4ccc(CCCC)cc4)cc3S(=O)(=O)O)Oc3ccc(CC(CN(CCN(CC(=O)O)CC(=O)O)CC(=O)O)N(CC(=O)O)CC(=O)O)cc3)c(SOOO)c2)cc1. The molecule has 0 aliphatic carbocycles. The minimum Gasteiger partial charge on any atom is -0.489 e. The topological polar surface area (TPSA) is 335 Å². The summed E-state index contributed by atoms with van der Waals surface area (Å²) in [5.74, 6) is -6.08. The van der Waals surface area contributed by atoms with Gasteiger partial charge in [0, 0.05) is 31.7 Å². The Labute approximate surface area is 490 Å². The monoisotopic (exact) mass is 1210 g/mol. The lowest BCUT2D eigenvalue weighted by molar-refractivity contribution is -0.432. The Hall–Kier alpha value is -7.53. The van der Waals surface area contributed by atoms with E-state index in [1.165, 1.54) is 40.3 Å². The van der Waals surface area contributed by atoms with E-state index in [1.807, 2.05) is 36.4 Å². The predicted octanol–water partition coefficient (Wildman–Crippen LogP) is 7.35. The first-order valence-corrected chi connectivity index (χ1v) is 29.0. The van der Waals surface area contributed by atoms with E-state index in [0.29, 0.717) is 23.4 Å². The number of aliphatic carboxylic acids is 5. The molecule has 5 rings (SSSR count). The van der Waals surface area contributed by atoms with Gasteiger partial charge in [-0.05, 0) is 102 Å². The molecule has 2 unspecified atom stereocenters. The third-order valence-corrected chi connectivity index (χ3v) is 14.3. The van der Waals surface area contributed by atoms with E-state index >= 15 is 0 Å². The van der Waals surface area contributed by atoms with E-state index in [4.69, 9.17) is 33.3 Å². The van der Waals surface area contributed by atoms with E-state index in [9.17, 15) is 62.5 Å². The van der Waals surface area contributed by atoms with Crippen LogP contribution in [-0.2, 0) is 75.9 Å². The van der Waals surface area contributed by atoms with Crippen LogP contribution in [0.1, 0.15) is 67.3 Å². The maximum atomic E-state index is 12.8. The zero-order valence-corrected chi connectivity index (χ0v) is 48.1. The molecule has 0 bridgehead atoms. The van der Waals surface area contributed by atoms with Gasteiger partial charge in [0.2, 0.25) is 0 Å². The molecule has 0 spiro atoms. The average Bonchev–Trinajstić information content (AvgIpc) is 3.20. The second-order valence-electron chi connectivity index (χ2n) is 19.5. The lowest BCUT2D eigenvalue weighted by atomic mass is 10.0. The van der Waals surface area contributed by atoms with Crippen molar-refractivity contribution in [2.75, 3.05) is 65.6 Å². The van der Waals surface area contributed by atoms with E-state index < -0.39 is 96.3 Å². The summed E-state index contributed by atoms with van der Waals surface area (Å²) in [6, 6.07) is 29.8. The number of hydrogen-bond acceptors (Lipinski definition) is 19. The molecule has 0 fully saturated rings. The molecule has 84 heavy (non-hydrogen) atoms. The molecule has 0 aliphatic heterocycles. The molecule has 0 heterocycles. The number of rotatable bonds is 42. The van der Waals surface area contributed by atoms with Crippen molar-refractivity contribution in [3.63, 3.8) is 0 Å². The quantitative estimate of drug-likeness (QED) is 0.00868. The molecule has 0 aliphatic rings. The first-order chi connectivity index (χ1) is 40.2. The van der Waals surface area contributed by atoms with Crippen LogP contribution in [0.4, 0.5) is 0 Å². The fraction of sp³-hybridized carbons (Fsp3) is 0.397. The summed E-state index contributed by atoms with van der Waals surface area (Å²) in [6.45, 7) is -0.355. The van der Waals surface area contributed by atoms with Gasteiger partial charge in [0.05, 0.1) is 49.7 Å². The molecule has 26 heteroatoms. The van der Waals surface area contributed by atoms with Crippen molar-refractivity contribution in [3.8, 4) is 28.7 Å². The first kappa shape index (κ1) is 67.3. The minimum absolute atomic E-state index is 0.0604. The molecule has 5 aromatic carbocycles. The molecule has 456 valence electrons. The van der Waals surface area contributed by atoms with Crippen LogP contribution in [0.25, 0.3) is 0 Å². The fourth-order valence-electron chi connectivity index (χ4n) is 8.64. The number of nitrogens with zero attached hydrogens (tertiary/aromatic N) is 3. The average molecular weight is 1210 g/mol. The summed E-state index contributed by atoms with van der Waals surface area (Å²) in [5.41, 5.74) is 4.63. The lowest BCUT2D eigenvalue weighted by Crippen LogP contribution is -2.51. The van der Waals surface area contributed by atoms with Crippen LogP contribution in [-0.4, -0.2) is 166 Å². The number of hydrogen-bond donors (Lipinski definition) is 7. The van der Waals surface area contributed by atoms with E-state index in [-0.39, 0.29) is 73.8 Å². The lowest BCUT2D eigenvalue weighted by Gasteiger charge is -2.34. The standard InChI is InChI=1S/C58H71N3O21S2/c1-3-5-7-40-9-13-43(14-10-40)36-76-47-21-23-50(52(28-47)83-82-81-72)78-38-49(39-79-51-24-22-48(29-53(51)84(73,74)75)77-37-44-15-11-41(12-16-44)8-6-4-2)80-46-19-17-42(18-20-46)27-45(61(34-57(68)69)35-58(70)71)30-59(31-54(62)63)25-26-60(32-55(64)65)33-56(66)67/h9-24,28-29,45,49,72H,3-8,25-27,30-39H2,1-2H3,(H,62,63)(H,64,65)(H,66,67)(H,68,69)(H,70,71)(H,73,74,75). The summed E-state index contributed by atoms with van der Waals surface area (Å²) in [6.07, 6.45) is 5.01. The molecule has 0 amide bonds. The smallest absolute Gasteiger partial charge is 0.317 e. The fourth-order valence-corrected chi connectivity index (χ4v) is 9.76. The second kappa shape index (κ2) is 34.9. The van der Waals surface area contributed by atoms with Crippen molar-refractivity contribution in [1.82, 2.24) is 14.7 Å². The van der Waals surface area contributed by atoms with Crippen LogP contribution in [0, 0.1) is 0 Å². The summed E-state index contributed by atoms with van der Waals surface area (Å²) < 4.78 is 71.5. The molecule has 2 atom stereocenters. The molecule has 7 N–H and O–H groups in total. The van der Waals surface area contributed by atoms with Gasteiger partial charge < -0.3 is 49.2 Å². The molecule has 0 aromatic heterocycles. The Kier molecular flexibility index (Phi) is 28.0. The van der Waals surface area contributed by atoms with Crippen molar-refractivity contribution >= 4 is 52.0 Å². The van der Waals surface area contributed by atoms with Crippen molar-refractivity contribution in [2.24, 2.45) is 0 Å². The van der Waals surface area contributed by atoms with E-state index in [0.717, 1.165) is 65.5 Å². The summed E-state index contributed by atoms with van der Waals surface area (Å²) in [7, 11) is -4.91. The predicted molar refractivity (Wildman–Crippen MR) is 304 cm³/mol. The van der Waals surface area contributed by atoms with Crippen molar-refractivity contribution in [3.05, 3.63) is 137 Å². The highest BCUT2D eigenvalue weighted by atomic mass is 32.2. The Morgan fingerprint density at radius 1 is 0.536 bits per heavy atom. The van der Waals surface area contributed by atoms with Crippen LogP contribution >= 0.6 is 12.0 Å². The van der Waals surface area contributed by atoms with Gasteiger partial charge in [0.1, 0.15) is 60.1 Å². The molecular weight excluding hydrogens is 1140 g/mol. The van der Waals surface area contributed by atoms with Crippen molar-refractivity contribution in [2.45, 2.75) is 93.9 Å². The maximum absolute atomic E-state index is 12.8. The van der Waals surface area contributed by atoms with Gasteiger partial charge in [-0.2, -0.15) is 8.42 Å². The summed E-state index contributed by atoms with van der Waals surface area (Å²) >= 11 is 0.598. The number of carbonyl (C=O) groups is 5. The second-order valence-corrected chi connectivity index (χ2v) is 21.7. The highest BCUT2D eigenvalue weighted by molar-refractivity contribution is 7.94. The number of carboxylic acid groups (broad SMARTS) is 5. The van der Waals surface area contributed by atoms with Crippen molar-refractivity contribution in [1.29, 1.82) is 0 Å². The minimum atomic E-state index is -4.91. The van der Waals surface area contributed by atoms with Gasteiger partial charge in [-0.1, -0.05) is 92.4 Å². The van der Waals surface area contributed by atoms with Gasteiger partial charge >= 0.3 is 29.8 Å². The Bertz CT molecular complexity index is 2970. The molecule has 0 radical (unpaired) electrons. The number of carboxylic acids is 5. The van der Waals surface area contributed by atoms with E-state index in [1.54, 1.807) is 30.3 Å². The normalized spacial score (nSPS) is 12.2. The van der Waals surface area contributed by atoms with Gasteiger partial charge in [-0.15, -0.1) is 4.33 Å². The first-order valence-electron chi connectivity index (χ1n) is 26.8. The molecule has 0 saturated heterocycles. The van der Waals surface area contributed by atoms with Gasteiger partial charge in [0.25, 0.3) is 10.1 Å². The Morgan fingerprint density at radius 2 is 0.976 bits per heavy atom. The van der Waals surface area contributed by atoms with Crippen LogP contribution in [0.3, 0.4) is 0 Å². The highest BCUT2D eigenvalue weighted by Gasteiger charge is 2.28. The third-order valence-electron chi connectivity index (χ3n) is 12.8. The van der Waals surface area contributed by atoms with Crippen LogP contribution in [0.2, 0.25) is 0 Å². The summed E-state index contributed by atoms with van der Waals surface area (Å²) in [5, 5.41) is 61.1. The molecule has 24 nitrogen and oxygen atoms in total. The maximum Gasteiger partial charge on any atom is 0.317 e. The highest BCUT2D eigenvalue weighted by Crippen LogP contribution is 2.35. The Balaban J connectivity index is 1.42. The number of ether oxygens (including phenoxy) is 5. The Morgan fingerprint density at radius 3 is 1.46 bits per heavy atom. The molecular formula is C58H71N3O21S2. The number of benzene rings is 5. The van der Waals surface area contributed by atoms with E-state index in [2.05, 4.69) is 31.0 Å². The van der Waals surface area contributed by atoms with Crippen LogP contribution in [0.5, 0.6) is 28.7 Å². The molecule has 5 aromatic rings. The zero-order chi connectivity index (χ0) is 61.0. The van der Waals surface area contributed by atoms with Gasteiger partial charge in [-0.25, -0.2) is 5.26 Å². The third kappa shape index (κ3) is 24.7. The summed E-state index contributed by atoms with van der Waals surface area (Å²) in [4.78, 5) is 62.4. The largest absolute Gasteiger partial charge is 0.489 e. The van der Waals surface area contributed by atoms with Crippen LogP contribution in [0.15, 0.2) is 119 Å². The number of unbranched alkanes of at least 4 members (excludes halogenated alkanes) is 2. The van der Waals surface area contributed by atoms with Gasteiger partial charge in [-0.3, -0.25) is 43.2 Å². The zero-order valence-electron chi connectivity index (χ0n) is 46.5. The van der Waals surface area contributed by atoms with Gasteiger partial charge in [0.15, 0.2) is 6.10 Å².